The number of aryl methyl sites for hydroxylation is 1. The summed E-state index contributed by atoms with van der Waals surface area (Å²) >= 11 is 0. The molecule has 1 aromatic carbocycles. The molecule has 0 saturated heterocycles. The van der Waals surface area contributed by atoms with Gasteiger partial charge >= 0.3 is 5.97 Å². The van der Waals surface area contributed by atoms with Gasteiger partial charge in [0, 0.05) is 11.4 Å². The summed E-state index contributed by atoms with van der Waals surface area (Å²) in [6.45, 7) is 1.67. The van der Waals surface area contributed by atoms with Crippen LogP contribution in [-0.4, -0.2) is 27.1 Å². The maximum Gasteiger partial charge on any atom is 0.320 e. The van der Waals surface area contributed by atoms with Crippen molar-refractivity contribution < 1.29 is 14.1 Å². The van der Waals surface area contributed by atoms with Gasteiger partial charge in [-0.15, -0.1) is 0 Å². The smallest absolute Gasteiger partial charge is 0.320 e. The Kier molecular flexibility index (Phi) is 3.99. The van der Waals surface area contributed by atoms with Crippen molar-refractivity contribution in [3.05, 3.63) is 29.8 Å². The second kappa shape index (κ2) is 5.04. The number of hydrogen-bond donors (Lipinski definition) is 2. The molecule has 0 aromatic heterocycles. The van der Waals surface area contributed by atoms with E-state index in [4.69, 9.17) is 10.8 Å². The molecule has 2 atom stereocenters. The minimum absolute atomic E-state index is 0.129. The molecule has 0 aliphatic heterocycles. The highest BCUT2D eigenvalue weighted by Gasteiger charge is 2.25. The van der Waals surface area contributed by atoms with E-state index < -0.39 is 22.0 Å². The lowest BCUT2D eigenvalue weighted by Crippen LogP contribution is -2.33. The van der Waals surface area contributed by atoms with Gasteiger partial charge in [0.2, 0.25) is 0 Å². The van der Waals surface area contributed by atoms with Crippen molar-refractivity contribution in [3.8, 4) is 0 Å². The number of carbonyl (C=O) groups is 1. The van der Waals surface area contributed by atoms with Crippen LogP contribution in [0.4, 0.5) is 0 Å². The van der Waals surface area contributed by atoms with Crippen LogP contribution in [0.25, 0.3) is 0 Å². The minimum Gasteiger partial charge on any atom is -0.480 e. The van der Waals surface area contributed by atoms with E-state index in [2.05, 4.69) is 0 Å². The highest BCUT2D eigenvalue weighted by atomic mass is 32.2. The number of rotatable bonds is 4. The van der Waals surface area contributed by atoms with Crippen molar-refractivity contribution in [3.63, 3.8) is 0 Å². The molecule has 2 unspecified atom stereocenters. The van der Waals surface area contributed by atoms with Crippen molar-refractivity contribution in [2.24, 2.45) is 5.73 Å². The molecule has 5 heteroatoms. The molecular formula is C10H13NO3S. The van der Waals surface area contributed by atoms with Crippen LogP contribution in [0, 0.1) is 6.92 Å². The summed E-state index contributed by atoms with van der Waals surface area (Å²) in [5, 5.41) is 7.79. The van der Waals surface area contributed by atoms with E-state index in [0.29, 0.717) is 4.90 Å². The van der Waals surface area contributed by atoms with Gasteiger partial charge in [0.15, 0.2) is 0 Å². The van der Waals surface area contributed by atoms with Gasteiger partial charge in [-0.25, -0.2) is 0 Å². The maximum absolute atomic E-state index is 11.9. The second-order valence-corrected chi connectivity index (χ2v) is 4.73. The molecule has 0 heterocycles. The molecule has 1 rings (SSSR count). The van der Waals surface area contributed by atoms with E-state index in [1.807, 2.05) is 6.07 Å². The van der Waals surface area contributed by atoms with Gasteiger partial charge < -0.3 is 10.8 Å². The quantitative estimate of drug-likeness (QED) is 0.785. The Labute approximate surface area is 90.6 Å². The highest BCUT2D eigenvalue weighted by Crippen LogP contribution is 2.15. The predicted molar refractivity (Wildman–Crippen MR) is 58.1 cm³/mol. The van der Waals surface area contributed by atoms with Gasteiger partial charge in [-0.1, -0.05) is 18.2 Å². The van der Waals surface area contributed by atoms with Gasteiger partial charge in [-0.2, -0.15) is 0 Å². The Balaban J connectivity index is 3.03. The standard InChI is InChI=1S/C10H13NO3S/c1-7-4-2-3-5-8(7)15(14)9(6-11)10(12)13/h2-5,9H,6,11H2,1H3,(H,12,13). The molecule has 0 bridgehead atoms. The van der Waals surface area contributed by atoms with Crippen molar-refractivity contribution >= 4 is 16.8 Å². The lowest BCUT2D eigenvalue weighted by molar-refractivity contribution is -0.136. The third-order valence-corrected chi connectivity index (χ3v) is 3.86. The first-order valence-electron chi connectivity index (χ1n) is 4.47. The first-order valence-corrected chi connectivity index (χ1v) is 5.68. The van der Waals surface area contributed by atoms with Crippen molar-refractivity contribution in [2.45, 2.75) is 17.1 Å². The number of aliphatic carboxylic acids is 1. The van der Waals surface area contributed by atoms with Crippen molar-refractivity contribution in [1.82, 2.24) is 0 Å². The van der Waals surface area contributed by atoms with E-state index in [1.165, 1.54) is 0 Å². The van der Waals surface area contributed by atoms with Gasteiger partial charge in [0.05, 0.1) is 10.8 Å². The molecule has 0 amide bonds. The summed E-state index contributed by atoms with van der Waals surface area (Å²) in [6, 6.07) is 7.00. The molecule has 4 nitrogen and oxygen atoms in total. The first-order chi connectivity index (χ1) is 7.07. The molecule has 0 saturated carbocycles. The van der Waals surface area contributed by atoms with E-state index >= 15 is 0 Å². The summed E-state index contributed by atoms with van der Waals surface area (Å²) in [7, 11) is -1.59. The van der Waals surface area contributed by atoms with E-state index in [0.717, 1.165) is 5.56 Å². The SMILES string of the molecule is Cc1ccccc1S(=O)C(CN)C(=O)O. The summed E-state index contributed by atoms with van der Waals surface area (Å²) < 4.78 is 11.9. The fourth-order valence-corrected chi connectivity index (χ4v) is 2.48. The monoisotopic (exact) mass is 227 g/mol. The van der Waals surface area contributed by atoms with Crippen LogP contribution in [0.5, 0.6) is 0 Å². The molecule has 3 N–H and O–H groups in total. The average molecular weight is 227 g/mol. The Morgan fingerprint density at radius 3 is 2.60 bits per heavy atom. The molecule has 1 aromatic rings. The summed E-state index contributed by atoms with van der Waals surface area (Å²) in [5.74, 6) is -1.13. The number of carboxylic acid groups (broad SMARTS) is 1. The van der Waals surface area contributed by atoms with Gasteiger partial charge in [-0.3, -0.25) is 9.00 Å². The number of nitrogens with two attached hydrogens (primary N) is 1. The summed E-state index contributed by atoms with van der Waals surface area (Å²) in [4.78, 5) is 11.3. The van der Waals surface area contributed by atoms with Crippen LogP contribution in [0.3, 0.4) is 0 Å². The van der Waals surface area contributed by atoms with Crippen LogP contribution in [0.1, 0.15) is 5.56 Å². The molecular weight excluding hydrogens is 214 g/mol. The van der Waals surface area contributed by atoms with Crippen LogP contribution in [0.15, 0.2) is 29.2 Å². The van der Waals surface area contributed by atoms with Crippen LogP contribution >= 0.6 is 0 Å². The third-order valence-electron chi connectivity index (χ3n) is 2.06. The third kappa shape index (κ3) is 2.64. The average Bonchev–Trinajstić information content (AvgIpc) is 2.18. The fraction of sp³-hybridized carbons (Fsp3) is 0.300. The van der Waals surface area contributed by atoms with E-state index in [9.17, 15) is 9.00 Å². The molecule has 0 radical (unpaired) electrons. The Bertz CT molecular complexity index is 392. The summed E-state index contributed by atoms with van der Waals surface area (Å²) in [6.07, 6.45) is 0. The van der Waals surface area contributed by atoms with E-state index in [1.54, 1.807) is 25.1 Å². The van der Waals surface area contributed by atoms with Crippen molar-refractivity contribution in [2.75, 3.05) is 6.54 Å². The fourth-order valence-electron chi connectivity index (χ4n) is 1.22. The van der Waals surface area contributed by atoms with E-state index in [-0.39, 0.29) is 6.54 Å². The molecule has 0 spiro atoms. The lowest BCUT2D eigenvalue weighted by Gasteiger charge is -2.11. The molecule has 0 aliphatic carbocycles. The van der Waals surface area contributed by atoms with Crippen LogP contribution < -0.4 is 5.73 Å². The van der Waals surface area contributed by atoms with Gasteiger partial charge in [-0.05, 0) is 18.6 Å². The number of benzene rings is 1. The zero-order chi connectivity index (χ0) is 11.4. The molecule has 15 heavy (non-hydrogen) atoms. The van der Waals surface area contributed by atoms with Gasteiger partial charge in [0.25, 0.3) is 0 Å². The maximum atomic E-state index is 11.9. The van der Waals surface area contributed by atoms with Crippen LogP contribution in [0.2, 0.25) is 0 Å². The lowest BCUT2D eigenvalue weighted by atomic mass is 10.2. The zero-order valence-electron chi connectivity index (χ0n) is 8.34. The largest absolute Gasteiger partial charge is 0.480 e. The van der Waals surface area contributed by atoms with Crippen LogP contribution in [-0.2, 0) is 15.6 Å². The molecule has 0 fully saturated rings. The molecule has 0 aliphatic rings. The number of carboxylic acids is 1. The molecule has 82 valence electrons. The topological polar surface area (TPSA) is 80.4 Å². The minimum atomic E-state index is -1.59. The first kappa shape index (κ1) is 11.9. The highest BCUT2D eigenvalue weighted by molar-refractivity contribution is 7.86. The normalized spacial score (nSPS) is 14.5. The van der Waals surface area contributed by atoms with Gasteiger partial charge in [0.1, 0.15) is 5.25 Å². The Morgan fingerprint density at radius 1 is 1.53 bits per heavy atom. The van der Waals surface area contributed by atoms with Crippen molar-refractivity contribution in [1.29, 1.82) is 0 Å². The number of hydrogen-bond acceptors (Lipinski definition) is 3. The Morgan fingerprint density at radius 2 is 2.13 bits per heavy atom. The summed E-state index contributed by atoms with van der Waals surface area (Å²) in [5.41, 5.74) is 6.10. The predicted octanol–water partition coefficient (Wildman–Crippen LogP) is 0.515. The Hall–Kier alpha value is -1.20. The zero-order valence-corrected chi connectivity index (χ0v) is 9.16. The second-order valence-electron chi connectivity index (χ2n) is 3.13.